The third kappa shape index (κ3) is 4.16. The first-order valence-electron chi connectivity index (χ1n) is 10.7. The molecule has 0 saturated carbocycles. The van der Waals surface area contributed by atoms with Crippen LogP contribution in [0.5, 0.6) is 5.75 Å². The molecule has 8 nitrogen and oxygen atoms in total. The van der Waals surface area contributed by atoms with Crippen molar-refractivity contribution in [1.29, 1.82) is 0 Å². The zero-order valence-electron chi connectivity index (χ0n) is 17.8. The zero-order chi connectivity index (χ0) is 21.9. The Bertz CT molecular complexity index is 1280. The lowest BCUT2D eigenvalue weighted by molar-refractivity contribution is 0.0940. The van der Waals surface area contributed by atoms with Gasteiger partial charge in [-0.1, -0.05) is 23.4 Å². The van der Waals surface area contributed by atoms with E-state index in [1.54, 1.807) is 12.3 Å². The van der Waals surface area contributed by atoms with Crippen molar-refractivity contribution in [3.8, 4) is 5.75 Å². The second kappa shape index (κ2) is 8.74. The van der Waals surface area contributed by atoms with Gasteiger partial charge in [-0.2, -0.15) is 0 Å². The summed E-state index contributed by atoms with van der Waals surface area (Å²) in [6.45, 7) is 2.39. The van der Waals surface area contributed by atoms with Crippen molar-refractivity contribution >= 4 is 16.8 Å². The first kappa shape index (κ1) is 20.1. The van der Waals surface area contributed by atoms with E-state index in [2.05, 4.69) is 25.4 Å². The van der Waals surface area contributed by atoms with Crippen molar-refractivity contribution in [3.05, 3.63) is 76.8 Å². The number of carbonyl (C=O) groups excluding carboxylic acids is 1. The number of pyridine rings is 1. The van der Waals surface area contributed by atoms with E-state index >= 15 is 0 Å². The van der Waals surface area contributed by atoms with Crippen LogP contribution in [0.2, 0.25) is 0 Å². The van der Waals surface area contributed by atoms with Crippen molar-refractivity contribution < 1.29 is 14.1 Å². The molecular weight excluding hydrogens is 406 g/mol. The van der Waals surface area contributed by atoms with Gasteiger partial charge in [-0.05, 0) is 50.3 Å². The van der Waals surface area contributed by atoms with E-state index in [4.69, 9.17) is 9.26 Å². The molecule has 0 spiro atoms. The molecule has 1 aliphatic rings. The summed E-state index contributed by atoms with van der Waals surface area (Å²) in [4.78, 5) is 26.1. The predicted molar refractivity (Wildman–Crippen MR) is 117 cm³/mol. The van der Waals surface area contributed by atoms with E-state index in [0.29, 0.717) is 17.3 Å². The molecule has 3 aromatic heterocycles. The van der Waals surface area contributed by atoms with E-state index < -0.39 is 0 Å². The van der Waals surface area contributed by atoms with Crippen LogP contribution in [-0.2, 0) is 26.0 Å². The number of fused-ring (bicyclic) bond motifs is 2. The zero-order valence-corrected chi connectivity index (χ0v) is 17.8. The number of hydrogen-bond donors (Lipinski definition) is 1. The van der Waals surface area contributed by atoms with E-state index in [0.717, 1.165) is 41.6 Å². The van der Waals surface area contributed by atoms with Gasteiger partial charge in [0.1, 0.15) is 23.7 Å². The monoisotopic (exact) mass is 429 g/mol. The Morgan fingerprint density at radius 2 is 2.03 bits per heavy atom. The highest BCUT2D eigenvalue weighted by Crippen LogP contribution is 2.24. The lowest BCUT2D eigenvalue weighted by atomic mass is 9.95. The fraction of sp³-hybridized carbons (Fsp3) is 0.292. The Morgan fingerprint density at radius 1 is 1.16 bits per heavy atom. The molecule has 1 amide bonds. The van der Waals surface area contributed by atoms with Crippen LogP contribution in [0.1, 0.15) is 51.9 Å². The molecule has 0 aliphatic heterocycles. The van der Waals surface area contributed by atoms with Gasteiger partial charge in [0.15, 0.2) is 11.5 Å². The number of hydrogen-bond acceptors (Lipinski definition) is 7. The highest BCUT2D eigenvalue weighted by Gasteiger charge is 2.17. The van der Waals surface area contributed by atoms with Crippen molar-refractivity contribution in [2.45, 2.75) is 45.8 Å². The van der Waals surface area contributed by atoms with Crippen molar-refractivity contribution in [2.75, 3.05) is 0 Å². The summed E-state index contributed by atoms with van der Waals surface area (Å²) >= 11 is 0. The average Bonchev–Trinajstić information content (AvgIpc) is 3.30. The van der Waals surface area contributed by atoms with E-state index in [1.165, 1.54) is 12.0 Å². The molecule has 162 valence electrons. The highest BCUT2D eigenvalue weighted by molar-refractivity contribution is 5.92. The van der Waals surface area contributed by atoms with Crippen molar-refractivity contribution in [3.63, 3.8) is 0 Å². The maximum absolute atomic E-state index is 12.5. The molecular formula is C24H23N5O3. The summed E-state index contributed by atoms with van der Waals surface area (Å²) in [6, 6.07) is 11.2. The lowest BCUT2D eigenvalue weighted by Gasteiger charge is -2.17. The van der Waals surface area contributed by atoms with E-state index in [-0.39, 0.29) is 24.8 Å². The van der Waals surface area contributed by atoms with Gasteiger partial charge < -0.3 is 14.6 Å². The molecule has 8 heteroatoms. The molecule has 0 bridgehead atoms. The largest absolute Gasteiger partial charge is 0.483 e. The number of nitrogens with zero attached hydrogens (tertiary/aromatic N) is 4. The molecule has 0 fully saturated rings. The van der Waals surface area contributed by atoms with Crippen LogP contribution >= 0.6 is 0 Å². The Hall–Kier alpha value is -3.81. The van der Waals surface area contributed by atoms with Gasteiger partial charge >= 0.3 is 0 Å². The molecule has 0 atom stereocenters. The number of rotatable bonds is 6. The molecule has 0 saturated heterocycles. The molecule has 3 heterocycles. The molecule has 0 radical (unpaired) electrons. The van der Waals surface area contributed by atoms with Crippen LogP contribution in [0.3, 0.4) is 0 Å². The molecule has 1 aliphatic carbocycles. The van der Waals surface area contributed by atoms with Gasteiger partial charge in [0.25, 0.3) is 5.91 Å². The topological polar surface area (TPSA) is 103 Å². The van der Waals surface area contributed by atoms with Gasteiger partial charge in [-0.3, -0.25) is 9.78 Å². The Balaban J connectivity index is 1.21. The van der Waals surface area contributed by atoms with E-state index in [9.17, 15) is 4.79 Å². The molecule has 1 N–H and O–H groups in total. The quantitative estimate of drug-likeness (QED) is 0.498. The standard InChI is InChI=1S/C24H23N5O3/c1-15-18-8-2-3-9-19(18)28-22(27-15)13-26-24(30)20-12-17(32-29-20)14-31-21-10-4-6-16-7-5-11-25-23(16)21/h4-7,10-12H,2-3,8-9,13-14H2,1H3,(H,26,30). The number of carbonyl (C=O) groups is 1. The minimum absolute atomic E-state index is 0.142. The smallest absolute Gasteiger partial charge is 0.273 e. The number of nitrogens with one attached hydrogen (secondary N) is 1. The Kier molecular flexibility index (Phi) is 5.49. The first-order chi connectivity index (χ1) is 15.7. The fourth-order valence-electron chi connectivity index (χ4n) is 4.00. The third-order valence-electron chi connectivity index (χ3n) is 5.60. The minimum atomic E-state index is -0.342. The summed E-state index contributed by atoms with van der Waals surface area (Å²) < 4.78 is 11.1. The Morgan fingerprint density at radius 3 is 2.97 bits per heavy atom. The third-order valence-corrected chi connectivity index (χ3v) is 5.60. The second-order valence-electron chi connectivity index (χ2n) is 7.84. The van der Waals surface area contributed by atoms with Gasteiger partial charge in [0, 0.05) is 29.0 Å². The number of benzene rings is 1. The number of aromatic nitrogens is 4. The molecule has 5 rings (SSSR count). The van der Waals surface area contributed by atoms with Gasteiger partial charge in [0.05, 0.1) is 6.54 Å². The predicted octanol–water partition coefficient (Wildman–Crippen LogP) is 3.71. The maximum atomic E-state index is 12.5. The van der Waals surface area contributed by atoms with Crippen LogP contribution < -0.4 is 10.1 Å². The number of amides is 1. The number of aryl methyl sites for hydroxylation is 2. The minimum Gasteiger partial charge on any atom is -0.483 e. The SMILES string of the molecule is Cc1nc(CNC(=O)c2cc(COc3cccc4cccnc34)on2)nc2c1CCCC2. The molecule has 0 unspecified atom stereocenters. The average molecular weight is 429 g/mol. The molecule has 32 heavy (non-hydrogen) atoms. The maximum Gasteiger partial charge on any atom is 0.273 e. The summed E-state index contributed by atoms with van der Waals surface area (Å²) in [6.07, 6.45) is 6.06. The normalized spacial score (nSPS) is 13.0. The summed E-state index contributed by atoms with van der Waals surface area (Å²) in [5.74, 6) is 1.37. The summed E-state index contributed by atoms with van der Waals surface area (Å²) in [5, 5.41) is 7.68. The van der Waals surface area contributed by atoms with Crippen LogP contribution in [0.25, 0.3) is 10.9 Å². The van der Waals surface area contributed by atoms with Crippen LogP contribution in [-0.4, -0.2) is 26.0 Å². The van der Waals surface area contributed by atoms with Crippen molar-refractivity contribution in [1.82, 2.24) is 25.4 Å². The van der Waals surface area contributed by atoms with Gasteiger partial charge in [-0.25, -0.2) is 9.97 Å². The number of ether oxygens (including phenoxy) is 1. The van der Waals surface area contributed by atoms with Crippen molar-refractivity contribution in [2.24, 2.45) is 0 Å². The summed E-state index contributed by atoms with van der Waals surface area (Å²) in [7, 11) is 0. The fourth-order valence-corrected chi connectivity index (χ4v) is 4.00. The lowest BCUT2D eigenvalue weighted by Crippen LogP contribution is -2.25. The second-order valence-corrected chi connectivity index (χ2v) is 7.84. The highest BCUT2D eigenvalue weighted by atomic mass is 16.5. The van der Waals surface area contributed by atoms with Gasteiger partial charge in [-0.15, -0.1) is 0 Å². The molecule has 4 aromatic rings. The van der Waals surface area contributed by atoms with E-state index in [1.807, 2.05) is 37.3 Å². The first-order valence-corrected chi connectivity index (χ1v) is 10.7. The number of para-hydroxylation sites is 1. The molecule has 1 aromatic carbocycles. The summed E-state index contributed by atoms with van der Waals surface area (Å²) in [5.41, 5.74) is 4.33. The van der Waals surface area contributed by atoms with Crippen LogP contribution in [0.4, 0.5) is 0 Å². The van der Waals surface area contributed by atoms with Crippen LogP contribution in [0.15, 0.2) is 47.1 Å². The Labute approximate surface area is 185 Å². The van der Waals surface area contributed by atoms with Crippen LogP contribution in [0, 0.1) is 6.92 Å². The van der Waals surface area contributed by atoms with Gasteiger partial charge in [0.2, 0.25) is 0 Å².